The van der Waals surface area contributed by atoms with E-state index >= 15 is 0 Å². The molecular weight excluding hydrogens is 458 g/mol. The molecule has 0 spiro atoms. The maximum atomic E-state index is 13.6. The zero-order valence-corrected chi connectivity index (χ0v) is 19.8. The lowest BCUT2D eigenvalue weighted by Gasteiger charge is -2.38. The van der Waals surface area contributed by atoms with Crippen molar-refractivity contribution in [1.82, 2.24) is 14.7 Å². The summed E-state index contributed by atoms with van der Waals surface area (Å²) in [6.07, 6.45) is 1.81. The summed E-state index contributed by atoms with van der Waals surface area (Å²) in [4.78, 5) is 27.1. The van der Waals surface area contributed by atoms with Gasteiger partial charge in [-0.25, -0.2) is 13.9 Å². The number of rotatable bonds is 7. The lowest BCUT2D eigenvalue weighted by molar-refractivity contribution is -0.133. The zero-order valence-electron chi connectivity index (χ0n) is 19.0. The molecule has 2 fully saturated rings. The molecule has 0 aromatic heterocycles. The summed E-state index contributed by atoms with van der Waals surface area (Å²) in [5, 5.41) is 9.27. The van der Waals surface area contributed by atoms with Crippen LogP contribution in [0.3, 0.4) is 0 Å². The number of sulfonamides is 1. The Balaban J connectivity index is 1.56. The van der Waals surface area contributed by atoms with E-state index in [9.17, 15) is 23.2 Å². The van der Waals surface area contributed by atoms with Crippen LogP contribution in [0.25, 0.3) is 0 Å². The second-order valence-electron chi connectivity index (χ2n) is 8.68. The number of hydroxylamine groups is 1. The molecule has 9 nitrogen and oxygen atoms in total. The van der Waals surface area contributed by atoms with E-state index in [4.69, 9.17) is 4.74 Å². The normalized spacial score (nSPS) is 22.8. The SMILES string of the molecule is COc1ccc(S(=O)(=O)N2C(C(=O)NO)CC3CCN(C(=O)CCc4ccccc4)CC32)cc1. The monoisotopic (exact) mass is 487 g/mol. The number of benzene rings is 2. The van der Waals surface area contributed by atoms with Gasteiger partial charge in [0.25, 0.3) is 5.91 Å². The average Bonchev–Trinajstić information content (AvgIpc) is 3.27. The number of methoxy groups -OCH3 is 1. The number of piperidine rings is 1. The first-order valence-electron chi connectivity index (χ1n) is 11.3. The molecule has 10 heteroatoms. The molecule has 34 heavy (non-hydrogen) atoms. The predicted octanol–water partition coefficient (Wildman–Crippen LogP) is 1.81. The number of likely N-dealkylation sites (tertiary alicyclic amines) is 1. The summed E-state index contributed by atoms with van der Waals surface area (Å²) in [6, 6.07) is 14.1. The number of amides is 2. The topological polar surface area (TPSA) is 116 Å². The van der Waals surface area contributed by atoms with Crippen molar-refractivity contribution in [3.63, 3.8) is 0 Å². The third-order valence-electron chi connectivity index (χ3n) is 6.75. The number of hydrogen-bond acceptors (Lipinski definition) is 6. The molecular formula is C24H29N3O6S. The van der Waals surface area contributed by atoms with Crippen molar-refractivity contribution in [3.05, 3.63) is 60.2 Å². The molecule has 2 N–H and O–H groups in total. The van der Waals surface area contributed by atoms with Crippen LogP contribution in [0.5, 0.6) is 5.75 Å². The van der Waals surface area contributed by atoms with E-state index in [-0.39, 0.29) is 23.3 Å². The Labute approximate surface area is 199 Å². The molecule has 2 heterocycles. The smallest absolute Gasteiger partial charge is 0.261 e. The van der Waals surface area contributed by atoms with Gasteiger partial charge in [0.1, 0.15) is 11.8 Å². The molecule has 0 aliphatic carbocycles. The van der Waals surface area contributed by atoms with Crippen LogP contribution in [0.2, 0.25) is 0 Å². The molecule has 3 atom stereocenters. The van der Waals surface area contributed by atoms with Gasteiger partial charge in [-0.2, -0.15) is 4.31 Å². The molecule has 2 aliphatic rings. The van der Waals surface area contributed by atoms with Crippen LogP contribution >= 0.6 is 0 Å². The van der Waals surface area contributed by atoms with Crippen molar-refractivity contribution >= 4 is 21.8 Å². The number of fused-ring (bicyclic) bond motifs is 1. The molecule has 4 rings (SSSR count). The number of nitrogens with one attached hydrogen (secondary N) is 1. The highest BCUT2D eigenvalue weighted by Gasteiger charge is 2.52. The minimum absolute atomic E-state index is 0.0252. The van der Waals surface area contributed by atoms with Crippen LogP contribution in [-0.2, 0) is 26.0 Å². The third-order valence-corrected chi connectivity index (χ3v) is 8.70. The molecule has 2 amide bonds. The van der Waals surface area contributed by atoms with Crippen molar-refractivity contribution < 1.29 is 28.0 Å². The first-order valence-corrected chi connectivity index (χ1v) is 12.7. The molecule has 2 saturated heterocycles. The maximum absolute atomic E-state index is 13.6. The van der Waals surface area contributed by atoms with E-state index in [1.165, 1.54) is 23.5 Å². The summed E-state index contributed by atoms with van der Waals surface area (Å²) in [7, 11) is -2.59. The molecule has 182 valence electrons. The summed E-state index contributed by atoms with van der Waals surface area (Å²) in [5.74, 6) is -0.392. The van der Waals surface area contributed by atoms with Gasteiger partial charge in [0.2, 0.25) is 15.9 Å². The highest BCUT2D eigenvalue weighted by molar-refractivity contribution is 7.89. The fourth-order valence-electron chi connectivity index (χ4n) is 4.96. The molecule has 0 radical (unpaired) electrons. The van der Waals surface area contributed by atoms with Crippen LogP contribution in [-0.4, -0.2) is 66.9 Å². The van der Waals surface area contributed by atoms with Crippen molar-refractivity contribution in [2.75, 3.05) is 20.2 Å². The lowest BCUT2D eigenvalue weighted by Crippen LogP contribution is -2.54. The number of ether oxygens (including phenoxy) is 1. The number of nitrogens with zero attached hydrogens (tertiary/aromatic N) is 2. The van der Waals surface area contributed by atoms with E-state index in [2.05, 4.69) is 0 Å². The van der Waals surface area contributed by atoms with Crippen molar-refractivity contribution in [3.8, 4) is 5.75 Å². The predicted molar refractivity (Wildman–Crippen MR) is 124 cm³/mol. The molecule has 2 aromatic rings. The highest BCUT2D eigenvalue weighted by atomic mass is 32.2. The Morgan fingerprint density at radius 3 is 2.47 bits per heavy atom. The Hall–Kier alpha value is -2.95. The fourth-order valence-corrected chi connectivity index (χ4v) is 6.79. The Kier molecular flexibility index (Phi) is 7.20. The Morgan fingerprint density at radius 1 is 1.12 bits per heavy atom. The Morgan fingerprint density at radius 2 is 1.82 bits per heavy atom. The Bertz CT molecular complexity index is 1120. The number of carbonyl (C=O) groups is 2. The van der Waals surface area contributed by atoms with Gasteiger partial charge in [0, 0.05) is 25.6 Å². The van der Waals surface area contributed by atoms with Crippen molar-refractivity contribution in [2.24, 2.45) is 5.92 Å². The largest absolute Gasteiger partial charge is 0.497 e. The fraction of sp³-hybridized carbons (Fsp3) is 0.417. The summed E-state index contributed by atoms with van der Waals surface area (Å²) in [5.41, 5.74) is 2.68. The molecule has 0 saturated carbocycles. The van der Waals surface area contributed by atoms with E-state index in [1.807, 2.05) is 30.3 Å². The summed E-state index contributed by atoms with van der Waals surface area (Å²) >= 11 is 0. The average molecular weight is 488 g/mol. The number of aryl methyl sites for hydroxylation is 1. The minimum Gasteiger partial charge on any atom is -0.497 e. The van der Waals surface area contributed by atoms with E-state index < -0.39 is 28.0 Å². The van der Waals surface area contributed by atoms with E-state index in [1.54, 1.807) is 22.5 Å². The van der Waals surface area contributed by atoms with Gasteiger partial charge in [0.15, 0.2) is 0 Å². The van der Waals surface area contributed by atoms with E-state index in [0.717, 1.165) is 5.56 Å². The standard InChI is InChI=1S/C24H29N3O6S/c1-33-19-8-10-20(11-9-19)34(31,32)27-21(24(29)25-30)15-18-13-14-26(16-22(18)27)23(28)12-7-17-5-3-2-4-6-17/h2-6,8-11,18,21-22,30H,7,12-16H2,1H3,(H,25,29). The lowest BCUT2D eigenvalue weighted by atomic mass is 9.91. The van der Waals surface area contributed by atoms with Gasteiger partial charge in [-0.3, -0.25) is 14.8 Å². The molecule has 2 aliphatic heterocycles. The number of carbonyl (C=O) groups excluding carboxylic acids is 2. The van der Waals surface area contributed by atoms with Crippen LogP contribution in [0, 0.1) is 5.92 Å². The molecule has 0 bridgehead atoms. The van der Waals surface area contributed by atoms with E-state index in [0.29, 0.717) is 38.0 Å². The minimum atomic E-state index is -4.07. The van der Waals surface area contributed by atoms with Gasteiger partial charge in [-0.15, -0.1) is 0 Å². The number of hydrogen-bond donors (Lipinski definition) is 2. The van der Waals surface area contributed by atoms with Crippen molar-refractivity contribution in [2.45, 2.75) is 42.7 Å². The van der Waals surface area contributed by atoms with Gasteiger partial charge in [-0.1, -0.05) is 30.3 Å². The second-order valence-corrected chi connectivity index (χ2v) is 10.5. The maximum Gasteiger partial charge on any atom is 0.261 e. The van der Waals surface area contributed by atoms with Crippen LogP contribution in [0.15, 0.2) is 59.5 Å². The first-order chi connectivity index (χ1) is 16.3. The first kappa shape index (κ1) is 24.2. The van der Waals surface area contributed by atoms with Crippen LogP contribution < -0.4 is 10.2 Å². The van der Waals surface area contributed by atoms with Crippen LogP contribution in [0.4, 0.5) is 0 Å². The third kappa shape index (κ3) is 4.79. The summed E-state index contributed by atoms with van der Waals surface area (Å²) in [6.45, 7) is 0.724. The second kappa shape index (κ2) is 10.1. The highest BCUT2D eigenvalue weighted by Crippen LogP contribution is 2.40. The zero-order chi connectivity index (χ0) is 24.3. The molecule has 2 aromatic carbocycles. The summed E-state index contributed by atoms with van der Waals surface area (Å²) < 4.78 is 33.6. The molecule has 3 unspecified atom stereocenters. The van der Waals surface area contributed by atoms with Crippen molar-refractivity contribution in [1.29, 1.82) is 0 Å². The van der Waals surface area contributed by atoms with Gasteiger partial charge >= 0.3 is 0 Å². The van der Waals surface area contributed by atoms with Gasteiger partial charge in [0.05, 0.1) is 12.0 Å². The van der Waals surface area contributed by atoms with Crippen LogP contribution in [0.1, 0.15) is 24.8 Å². The quantitative estimate of drug-likeness (QED) is 0.455. The van der Waals surface area contributed by atoms with Gasteiger partial charge in [-0.05, 0) is 55.0 Å². The van der Waals surface area contributed by atoms with Gasteiger partial charge < -0.3 is 9.64 Å².